The summed E-state index contributed by atoms with van der Waals surface area (Å²) in [6.45, 7) is 4.65. The summed E-state index contributed by atoms with van der Waals surface area (Å²) in [5.41, 5.74) is 10.3. The Morgan fingerprint density at radius 3 is 2.63 bits per heavy atom. The van der Waals surface area contributed by atoms with Crippen LogP contribution in [-0.2, 0) is 14.8 Å². The van der Waals surface area contributed by atoms with Crippen LogP contribution in [0.4, 0.5) is 0 Å². The summed E-state index contributed by atoms with van der Waals surface area (Å²) in [7, 11) is -4.10. The van der Waals surface area contributed by atoms with Gasteiger partial charge in [-0.3, -0.25) is 4.79 Å². The van der Waals surface area contributed by atoms with Gasteiger partial charge in [-0.25, -0.2) is 8.42 Å². The number of aromatic amines is 1. The number of fused-ring (bicyclic) bond motifs is 1. The molecule has 1 fully saturated rings. The molecule has 3 N–H and O–H groups in total. The Bertz CT molecular complexity index is 1630. The van der Waals surface area contributed by atoms with Crippen molar-refractivity contribution in [3.8, 4) is 16.9 Å². The van der Waals surface area contributed by atoms with Crippen molar-refractivity contribution in [3.63, 3.8) is 0 Å². The molecule has 0 radical (unpaired) electrons. The lowest BCUT2D eigenvalue weighted by Crippen LogP contribution is -2.47. The van der Waals surface area contributed by atoms with Crippen LogP contribution >= 0.6 is 11.6 Å². The zero-order valence-corrected chi connectivity index (χ0v) is 22.6. The van der Waals surface area contributed by atoms with Crippen molar-refractivity contribution < 1.29 is 22.7 Å². The molecule has 8 nitrogen and oxygen atoms in total. The molecule has 0 aliphatic carbocycles. The Labute approximate surface area is 226 Å². The Morgan fingerprint density at radius 1 is 1.11 bits per heavy atom. The molecule has 1 unspecified atom stereocenters. The molecule has 1 aliphatic heterocycles. The number of nitrogens with zero attached hydrogens (tertiary/aromatic N) is 1. The van der Waals surface area contributed by atoms with Crippen molar-refractivity contribution in [2.75, 3.05) is 26.3 Å². The van der Waals surface area contributed by atoms with Crippen LogP contribution in [0.5, 0.6) is 5.75 Å². The van der Waals surface area contributed by atoms with E-state index >= 15 is 0 Å². The maximum absolute atomic E-state index is 13.7. The largest absolute Gasteiger partial charge is 0.491 e. The van der Waals surface area contributed by atoms with E-state index in [1.807, 2.05) is 30.3 Å². The summed E-state index contributed by atoms with van der Waals surface area (Å²) >= 11 is 6.13. The molecule has 3 aromatic carbocycles. The second kappa shape index (κ2) is 10.4. The van der Waals surface area contributed by atoms with E-state index in [2.05, 4.69) is 31.0 Å². The number of rotatable bonds is 7. The minimum Gasteiger partial charge on any atom is -0.491 e. The zero-order chi connectivity index (χ0) is 27.0. The first kappa shape index (κ1) is 26.2. The number of hydrogen-bond acceptors (Lipinski definition) is 5. The molecule has 1 atom stereocenters. The zero-order valence-electron chi connectivity index (χ0n) is 21.0. The fraction of sp³-hybridized carbons (Fsp3) is 0.250. The van der Waals surface area contributed by atoms with Gasteiger partial charge < -0.3 is 20.2 Å². The molecule has 2 heterocycles. The van der Waals surface area contributed by atoms with Gasteiger partial charge in [0.25, 0.3) is 5.91 Å². The maximum atomic E-state index is 13.7. The van der Waals surface area contributed by atoms with E-state index in [0.29, 0.717) is 21.7 Å². The molecule has 4 aromatic rings. The molecule has 0 spiro atoms. The fourth-order valence-electron chi connectivity index (χ4n) is 4.77. The highest BCUT2D eigenvalue weighted by Gasteiger charge is 2.36. The number of benzene rings is 3. The number of carbonyl (C=O) groups excluding carboxylic acids is 1. The van der Waals surface area contributed by atoms with Crippen molar-refractivity contribution in [2.24, 2.45) is 5.73 Å². The van der Waals surface area contributed by atoms with Gasteiger partial charge in [0.05, 0.1) is 6.61 Å². The van der Waals surface area contributed by atoms with Crippen LogP contribution in [0.2, 0.25) is 5.02 Å². The molecule has 1 aromatic heterocycles. The van der Waals surface area contributed by atoms with E-state index in [0.717, 1.165) is 22.3 Å². The third-order valence-corrected chi connectivity index (χ3v) is 8.93. The second-order valence-corrected chi connectivity index (χ2v) is 11.7. The third kappa shape index (κ3) is 5.02. The maximum Gasteiger partial charge on any atom is 0.266 e. The minimum atomic E-state index is -4.10. The lowest BCUT2D eigenvalue weighted by molar-refractivity contribution is -0.0249. The average molecular weight is 554 g/mol. The van der Waals surface area contributed by atoms with Crippen LogP contribution in [0.3, 0.4) is 0 Å². The van der Waals surface area contributed by atoms with Gasteiger partial charge in [-0.05, 0) is 66.4 Å². The Morgan fingerprint density at radius 2 is 1.87 bits per heavy atom. The van der Waals surface area contributed by atoms with E-state index in [-0.39, 0.29) is 36.9 Å². The average Bonchev–Trinajstić information content (AvgIpc) is 3.29. The number of morpholine rings is 1. The predicted molar refractivity (Wildman–Crippen MR) is 147 cm³/mol. The number of sulfonamides is 1. The number of amides is 1. The highest BCUT2D eigenvalue weighted by molar-refractivity contribution is 7.89. The first-order valence-corrected chi connectivity index (χ1v) is 14.0. The minimum absolute atomic E-state index is 0.0598. The molecule has 1 saturated heterocycles. The van der Waals surface area contributed by atoms with Gasteiger partial charge in [-0.1, -0.05) is 41.9 Å². The Hall–Kier alpha value is -3.37. The number of nitrogens with two attached hydrogens (primary N) is 1. The lowest BCUT2D eigenvalue weighted by Gasteiger charge is -2.32. The summed E-state index contributed by atoms with van der Waals surface area (Å²) in [6, 6.07) is 18.8. The highest BCUT2D eigenvalue weighted by Crippen LogP contribution is 2.33. The van der Waals surface area contributed by atoms with Crippen LogP contribution in [0.1, 0.15) is 21.6 Å². The molecule has 5 rings (SSSR count). The number of ether oxygens (including phenoxy) is 2. The van der Waals surface area contributed by atoms with E-state index in [9.17, 15) is 13.2 Å². The summed E-state index contributed by atoms with van der Waals surface area (Å²) in [4.78, 5) is 14.8. The van der Waals surface area contributed by atoms with Crippen molar-refractivity contribution in [2.45, 2.75) is 24.8 Å². The highest BCUT2D eigenvalue weighted by atomic mass is 35.5. The van der Waals surface area contributed by atoms with Crippen LogP contribution in [0, 0.1) is 13.8 Å². The standard InChI is InChI=1S/C28H28ClN3O5S/c1-17-5-3-4-6-22(17)23-14-20(9-7-18(23)2)37-16-21-15-32(11-12-36-21)38(34,35)27-24-13-19(29)8-10-25(24)31-26(27)28(30)33/h3-10,13-14,21,31H,11-12,15-16H2,1-2H3,(H2,30,33). The van der Waals surface area contributed by atoms with Crippen LogP contribution in [0.25, 0.3) is 22.0 Å². The van der Waals surface area contributed by atoms with Gasteiger partial charge in [0.15, 0.2) is 0 Å². The van der Waals surface area contributed by atoms with E-state index in [4.69, 9.17) is 26.8 Å². The number of halogens is 1. The molecule has 10 heteroatoms. The Balaban J connectivity index is 1.36. The smallest absolute Gasteiger partial charge is 0.266 e. The Kier molecular flexibility index (Phi) is 7.19. The van der Waals surface area contributed by atoms with Crippen LogP contribution in [-0.4, -0.2) is 56.0 Å². The van der Waals surface area contributed by atoms with Crippen molar-refractivity contribution in [1.29, 1.82) is 0 Å². The molecular formula is C28H28ClN3O5S. The summed E-state index contributed by atoms with van der Waals surface area (Å²) in [6.07, 6.45) is -0.507. The first-order valence-electron chi connectivity index (χ1n) is 12.2. The second-order valence-electron chi connectivity index (χ2n) is 9.34. The molecular weight excluding hydrogens is 526 g/mol. The van der Waals surface area contributed by atoms with Crippen LogP contribution in [0.15, 0.2) is 65.6 Å². The first-order chi connectivity index (χ1) is 18.1. The van der Waals surface area contributed by atoms with Gasteiger partial charge in [-0.2, -0.15) is 4.31 Å². The normalized spacial score (nSPS) is 16.6. The van der Waals surface area contributed by atoms with Crippen molar-refractivity contribution in [3.05, 3.63) is 82.5 Å². The molecule has 1 aliphatic rings. The number of aryl methyl sites for hydroxylation is 2. The molecule has 1 amide bonds. The lowest BCUT2D eigenvalue weighted by atomic mass is 9.96. The number of nitrogens with one attached hydrogen (secondary N) is 1. The van der Waals surface area contributed by atoms with Gasteiger partial charge in [0, 0.05) is 29.0 Å². The molecule has 198 valence electrons. The van der Waals surface area contributed by atoms with Crippen molar-refractivity contribution in [1.82, 2.24) is 9.29 Å². The quantitative estimate of drug-likeness (QED) is 0.345. The number of hydrogen-bond donors (Lipinski definition) is 2. The fourth-order valence-corrected chi connectivity index (χ4v) is 6.73. The van der Waals surface area contributed by atoms with Gasteiger partial charge in [0.2, 0.25) is 10.0 Å². The molecule has 0 bridgehead atoms. The summed E-state index contributed by atoms with van der Waals surface area (Å²) in [5.74, 6) is -0.201. The topological polar surface area (TPSA) is 115 Å². The van der Waals surface area contributed by atoms with E-state index < -0.39 is 22.0 Å². The number of carbonyl (C=O) groups is 1. The summed E-state index contributed by atoms with van der Waals surface area (Å²) in [5, 5.41) is 0.661. The molecule has 0 saturated carbocycles. The number of aromatic nitrogens is 1. The van der Waals surface area contributed by atoms with E-state index in [1.54, 1.807) is 12.1 Å². The third-order valence-electron chi connectivity index (χ3n) is 6.74. The predicted octanol–water partition coefficient (Wildman–Crippen LogP) is 4.67. The molecule has 38 heavy (non-hydrogen) atoms. The summed E-state index contributed by atoms with van der Waals surface area (Å²) < 4.78 is 40.7. The van der Waals surface area contributed by atoms with Crippen molar-refractivity contribution >= 4 is 38.4 Å². The monoisotopic (exact) mass is 553 g/mol. The number of primary amides is 1. The van der Waals surface area contributed by atoms with Gasteiger partial charge in [-0.15, -0.1) is 0 Å². The van der Waals surface area contributed by atoms with E-state index in [1.165, 1.54) is 10.4 Å². The van der Waals surface area contributed by atoms with Crippen LogP contribution < -0.4 is 10.5 Å². The number of H-pyrrole nitrogens is 1. The van der Waals surface area contributed by atoms with Gasteiger partial charge >= 0.3 is 0 Å². The van der Waals surface area contributed by atoms with Gasteiger partial charge in [0.1, 0.15) is 29.0 Å². The SMILES string of the molecule is Cc1ccccc1-c1cc(OCC2CN(S(=O)(=O)c3c(C(N)=O)[nH]c4ccc(Cl)cc34)CCO2)ccc1C.